The van der Waals surface area contributed by atoms with E-state index in [1.165, 1.54) is 0 Å². The van der Waals surface area contributed by atoms with Gasteiger partial charge in [-0.15, -0.1) is 24.9 Å². The number of hydrogen-bond acceptors (Lipinski definition) is 5. The van der Waals surface area contributed by atoms with Gasteiger partial charge in [0.05, 0.1) is 16.6 Å². The van der Waals surface area contributed by atoms with Gasteiger partial charge in [-0.3, -0.25) is 14.4 Å². The third-order valence-corrected chi connectivity index (χ3v) is 11.5. The Balaban J connectivity index is 1.55. The Hall–Kier alpha value is -3.36. The van der Waals surface area contributed by atoms with Crippen LogP contribution in [0.15, 0.2) is 73.8 Å². The van der Waals surface area contributed by atoms with E-state index in [2.05, 4.69) is 13.2 Å². The first-order valence-electron chi connectivity index (χ1n) is 15.9. The third-order valence-electron chi connectivity index (χ3n) is 9.56. The summed E-state index contributed by atoms with van der Waals surface area (Å²) in [5.74, 6) is -1.32. The number of benzene rings is 2. The van der Waals surface area contributed by atoms with Crippen LogP contribution in [-0.4, -0.2) is 70.0 Å². The van der Waals surface area contributed by atoms with E-state index >= 15 is 0 Å². The van der Waals surface area contributed by atoms with Crippen LogP contribution in [-0.2, 0) is 14.4 Å². The molecule has 5 atom stereocenters. The monoisotopic (exact) mass is 615 g/mol. The maximum Gasteiger partial charge on any atom is 0.251 e. The van der Waals surface area contributed by atoms with Crippen molar-refractivity contribution >= 4 is 40.9 Å². The standard InChI is InChI=1S/C36H45N3O4S/c1-5-21-37(27-17-10-9-11-18-27)33(41)29-28-19-20-36(44-28)30(29)34(42)39(23-12-7-8-13-24-40)32(36)35(43)38(22-6-2)31-25(3)15-14-16-26(31)4/h5-6,9-11,14-18,28-30,32,40H,1-2,7-8,12-13,19-24H2,3-4H3/t28-,29+,30-,32?,36?/m0/s1. The number of carbonyl (C=O) groups excluding carboxylic acids is 3. The van der Waals surface area contributed by atoms with Crippen molar-refractivity contribution in [1.82, 2.24) is 4.90 Å². The number of aryl methyl sites for hydroxylation is 2. The van der Waals surface area contributed by atoms with Crippen LogP contribution < -0.4 is 9.80 Å². The van der Waals surface area contributed by atoms with Gasteiger partial charge in [0.25, 0.3) is 5.91 Å². The molecule has 3 fully saturated rings. The molecule has 3 heterocycles. The van der Waals surface area contributed by atoms with E-state index in [1.807, 2.05) is 72.2 Å². The molecule has 0 saturated carbocycles. The molecule has 234 valence electrons. The summed E-state index contributed by atoms with van der Waals surface area (Å²) in [5, 5.41) is 9.23. The molecule has 2 unspecified atom stereocenters. The number of amides is 3. The highest BCUT2D eigenvalue weighted by atomic mass is 32.2. The summed E-state index contributed by atoms with van der Waals surface area (Å²) >= 11 is 1.70. The molecule has 2 bridgehead atoms. The molecular formula is C36H45N3O4S. The van der Waals surface area contributed by atoms with Crippen LogP contribution in [0, 0.1) is 25.7 Å². The zero-order valence-electron chi connectivity index (χ0n) is 26.0. The van der Waals surface area contributed by atoms with Crippen molar-refractivity contribution in [2.24, 2.45) is 11.8 Å². The predicted molar refractivity (Wildman–Crippen MR) is 179 cm³/mol. The largest absolute Gasteiger partial charge is 0.396 e. The number of anilines is 2. The quantitative estimate of drug-likeness (QED) is 0.218. The van der Waals surface area contributed by atoms with Crippen LogP contribution >= 0.6 is 11.8 Å². The maximum absolute atomic E-state index is 14.9. The van der Waals surface area contributed by atoms with Crippen molar-refractivity contribution < 1.29 is 19.5 Å². The van der Waals surface area contributed by atoms with Gasteiger partial charge < -0.3 is 19.8 Å². The lowest BCUT2D eigenvalue weighted by Crippen LogP contribution is -2.55. The van der Waals surface area contributed by atoms with Gasteiger partial charge in [0, 0.05) is 42.9 Å². The number of hydrogen-bond donors (Lipinski definition) is 1. The fourth-order valence-corrected chi connectivity index (χ4v) is 9.95. The number of unbranched alkanes of at least 4 members (excludes halogenated alkanes) is 3. The second kappa shape index (κ2) is 13.7. The Kier molecular flexibility index (Phi) is 10.0. The summed E-state index contributed by atoms with van der Waals surface area (Å²) in [6, 6.07) is 14.9. The molecule has 3 aliphatic heterocycles. The van der Waals surface area contributed by atoms with Crippen LogP contribution in [0.1, 0.15) is 49.7 Å². The number of likely N-dealkylation sites (tertiary alicyclic amines) is 1. The minimum Gasteiger partial charge on any atom is -0.396 e. The molecule has 8 heteroatoms. The van der Waals surface area contributed by atoms with Crippen LogP contribution in [0.5, 0.6) is 0 Å². The van der Waals surface area contributed by atoms with E-state index < -0.39 is 22.6 Å². The van der Waals surface area contributed by atoms with E-state index in [9.17, 15) is 19.5 Å². The Bertz CT molecular complexity index is 1380. The third kappa shape index (κ3) is 5.63. The van der Waals surface area contributed by atoms with Gasteiger partial charge in [-0.2, -0.15) is 0 Å². The molecule has 0 aromatic heterocycles. The summed E-state index contributed by atoms with van der Waals surface area (Å²) in [6.07, 6.45) is 8.16. The van der Waals surface area contributed by atoms with E-state index in [0.717, 1.165) is 61.0 Å². The zero-order valence-corrected chi connectivity index (χ0v) is 26.8. The van der Waals surface area contributed by atoms with Crippen molar-refractivity contribution in [2.75, 3.05) is 36.0 Å². The number of nitrogens with zero attached hydrogens (tertiary/aromatic N) is 3. The number of thioether (sulfide) groups is 1. The lowest BCUT2D eigenvalue weighted by Gasteiger charge is -2.38. The van der Waals surface area contributed by atoms with Crippen molar-refractivity contribution in [1.29, 1.82) is 0 Å². The Labute approximate surface area is 266 Å². The molecule has 44 heavy (non-hydrogen) atoms. The van der Waals surface area contributed by atoms with Gasteiger partial charge in [0.15, 0.2) is 0 Å². The Morgan fingerprint density at radius 3 is 2.27 bits per heavy atom. The van der Waals surface area contributed by atoms with Crippen molar-refractivity contribution in [3.05, 3.63) is 85.0 Å². The SMILES string of the molecule is C=CCN(C(=O)[C@@H]1[C@@H]2CCC3(S2)C(C(=O)N(CC=C)c2c(C)cccc2C)N(CCCCCCO)C(=O)[C@H]13)c1ccccc1. The summed E-state index contributed by atoms with van der Waals surface area (Å²) in [6.45, 7) is 13.2. The lowest BCUT2D eigenvalue weighted by molar-refractivity contribution is -0.139. The number of aliphatic hydroxyl groups is 1. The average molecular weight is 616 g/mol. The minimum absolute atomic E-state index is 0.0254. The van der Waals surface area contributed by atoms with Gasteiger partial charge in [-0.25, -0.2) is 0 Å². The Morgan fingerprint density at radius 2 is 1.61 bits per heavy atom. The summed E-state index contributed by atoms with van der Waals surface area (Å²) in [5.41, 5.74) is 3.63. The topological polar surface area (TPSA) is 81.2 Å². The normalized spacial score (nSPS) is 25.2. The van der Waals surface area contributed by atoms with Crippen LogP contribution in [0.25, 0.3) is 0 Å². The molecule has 1 N–H and O–H groups in total. The fraction of sp³-hybridized carbons (Fsp3) is 0.472. The van der Waals surface area contributed by atoms with Gasteiger partial charge in [-0.1, -0.05) is 61.4 Å². The highest BCUT2D eigenvalue weighted by Gasteiger charge is 2.74. The molecule has 0 radical (unpaired) electrons. The lowest BCUT2D eigenvalue weighted by atomic mass is 9.70. The molecule has 3 aliphatic rings. The average Bonchev–Trinajstić information content (AvgIpc) is 3.66. The molecular weight excluding hydrogens is 570 g/mol. The molecule has 1 spiro atoms. The summed E-state index contributed by atoms with van der Waals surface area (Å²) in [4.78, 5) is 49.3. The smallest absolute Gasteiger partial charge is 0.251 e. The van der Waals surface area contributed by atoms with Gasteiger partial charge >= 0.3 is 0 Å². The molecule has 5 rings (SSSR count). The van der Waals surface area contributed by atoms with Gasteiger partial charge in [0.2, 0.25) is 11.8 Å². The highest BCUT2D eigenvalue weighted by Crippen LogP contribution is 2.67. The van der Waals surface area contributed by atoms with Crippen LogP contribution in [0.2, 0.25) is 0 Å². The molecule has 2 aromatic carbocycles. The zero-order chi connectivity index (χ0) is 31.4. The molecule has 3 saturated heterocycles. The first-order valence-corrected chi connectivity index (χ1v) is 16.7. The first kappa shape index (κ1) is 32.0. The number of fused-ring (bicyclic) bond motifs is 1. The van der Waals surface area contributed by atoms with E-state index in [4.69, 9.17) is 0 Å². The van der Waals surface area contributed by atoms with Gasteiger partial charge in [0.1, 0.15) is 6.04 Å². The minimum atomic E-state index is -0.672. The van der Waals surface area contributed by atoms with Crippen LogP contribution in [0.4, 0.5) is 11.4 Å². The highest BCUT2D eigenvalue weighted by molar-refractivity contribution is 8.02. The second-order valence-electron chi connectivity index (χ2n) is 12.3. The number of carbonyl (C=O) groups is 3. The summed E-state index contributed by atoms with van der Waals surface area (Å²) in [7, 11) is 0. The number of aliphatic hydroxyl groups excluding tert-OH is 1. The fourth-order valence-electron chi connectivity index (χ4n) is 7.74. The molecule has 0 aliphatic carbocycles. The first-order chi connectivity index (χ1) is 21.3. The predicted octanol–water partition coefficient (Wildman–Crippen LogP) is 5.69. The second-order valence-corrected chi connectivity index (χ2v) is 13.9. The number of rotatable bonds is 14. The maximum atomic E-state index is 14.9. The summed E-state index contributed by atoms with van der Waals surface area (Å²) < 4.78 is -0.670. The van der Waals surface area contributed by atoms with Gasteiger partial charge in [-0.05, 0) is 62.8 Å². The van der Waals surface area contributed by atoms with Crippen molar-refractivity contribution in [3.63, 3.8) is 0 Å². The molecule has 7 nitrogen and oxygen atoms in total. The van der Waals surface area contributed by atoms with Crippen molar-refractivity contribution in [3.8, 4) is 0 Å². The van der Waals surface area contributed by atoms with E-state index in [-0.39, 0.29) is 29.6 Å². The van der Waals surface area contributed by atoms with E-state index in [1.54, 1.807) is 28.8 Å². The molecule has 2 aromatic rings. The van der Waals surface area contributed by atoms with E-state index in [0.29, 0.717) is 19.6 Å². The number of para-hydroxylation sites is 2. The Morgan fingerprint density at radius 1 is 0.955 bits per heavy atom. The molecule has 3 amide bonds. The van der Waals surface area contributed by atoms with Crippen molar-refractivity contribution in [2.45, 2.75) is 68.4 Å². The van der Waals surface area contributed by atoms with Crippen LogP contribution in [0.3, 0.4) is 0 Å².